The Kier molecular flexibility index (Phi) is 11.7. The number of nitrogens with zero attached hydrogens (tertiary/aromatic N) is 1. The maximum Gasteiger partial charge on any atom is 0.231 e. The van der Waals surface area contributed by atoms with E-state index < -0.39 is 24.1 Å². The minimum absolute atomic E-state index is 0.137. The van der Waals surface area contributed by atoms with Gasteiger partial charge in [0.25, 0.3) is 0 Å². The lowest BCUT2D eigenvalue weighted by Gasteiger charge is -2.33. The van der Waals surface area contributed by atoms with Gasteiger partial charge in [-0.15, -0.1) is 6.58 Å². The molecule has 1 aliphatic carbocycles. The second-order valence-electron chi connectivity index (χ2n) is 11.3. The lowest BCUT2D eigenvalue weighted by atomic mass is 9.81. The highest BCUT2D eigenvalue weighted by molar-refractivity contribution is 6.04. The van der Waals surface area contributed by atoms with Gasteiger partial charge in [0.05, 0.1) is 24.5 Å². The Bertz CT molecular complexity index is 986. The summed E-state index contributed by atoms with van der Waals surface area (Å²) in [4.78, 5) is 34.4. The van der Waals surface area contributed by atoms with Crippen LogP contribution in [0.15, 0.2) is 55.5 Å². The van der Waals surface area contributed by atoms with E-state index in [0.717, 1.165) is 18.4 Å². The topological polar surface area (TPSA) is 121 Å². The molecular formula is C31H46N4O3. The number of hydrogen-bond acceptors (Lipinski definition) is 5. The van der Waals surface area contributed by atoms with Crippen molar-refractivity contribution in [3.63, 3.8) is 0 Å². The van der Waals surface area contributed by atoms with E-state index in [1.807, 2.05) is 36.4 Å². The zero-order valence-corrected chi connectivity index (χ0v) is 23.0. The van der Waals surface area contributed by atoms with Crippen LogP contribution in [0.4, 0.5) is 0 Å². The molecule has 38 heavy (non-hydrogen) atoms. The second-order valence-corrected chi connectivity index (χ2v) is 11.3. The third-order valence-electron chi connectivity index (χ3n) is 8.08. The number of ketones is 1. The minimum atomic E-state index is -0.976. The predicted octanol–water partition coefficient (Wildman–Crippen LogP) is 4.37. The van der Waals surface area contributed by atoms with Gasteiger partial charge in [-0.3, -0.25) is 9.59 Å². The first-order valence-electron chi connectivity index (χ1n) is 14.2. The molecule has 7 nitrogen and oxygen atoms in total. The smallest absolute Gasteiger partial charge is 0.231 e. The van der Waals surface area contributed by atoms with Crippen LogP contribution < -0.4 is 11.1 Å². The maximum absolute atomic E-state index is 13.8. The number of amides is 1. The number of aliphatic hydroxyl groups excluding tert-OH is 1. The van der Waals surface area contributed by atoms with E-state index in [2.05, 4.69) is 35.7 Å². The van der Waals surface area contributed by atoms with Gasteiger partial charge in [0, 0.05) is 18.3 Å². The molecular weight excluding hydrogens is 476 g/mol. The molecule has 0 spiro atoms. The van der Waals surface area contributed by atoms with Crippen molar-refractivity contribution >= 4 is 11.7 Å². The van der Waals surface area contributed by atoms with Crippen molar-refractivity contribution in [2.24, 2.45) is 29.4 Å². The van der Waals surface area contributed by atoms with Crippen LogP contribution in [0.2, 0.25) is 0 Å². The van der Waals surface area contributed by atoms with Crippen LogP contribution >= 0.6 is 0 Å². The van der Waals surface area contributed by atoms with Crippen LogP contribution in [0.5, 0.6) is 0 Å². The Balaban J connectivity index is 1.79. The first kappa shape index (κ1) is 29.8. The summed E-state index contributed by atoms with van der Waals surface area (Å²) in [5, 5.41) is 14.4. The van der Waals surface area contributed by atoms with Crippen LogP contribution in [0, 0.1) is 23.7 Å². The second kappa shape index (κ2) is 15.0. The van der Waals surface area contributed by atoms with E-state index in [4.69, 9.17) is 5.73 Å². The van der Waals surface area contributed by atoms with Gasteiger partial charge < -0.3 is 21.1 Å². The van der Waals surface area contributed by atoms with E-state index in [1.165, 1.54) is 25.6 Å². The molecule has 0 bridgehead atoms. The van der Waals surface area contributed by atoms with Crippen molar-refractivity contribution in [2.45, 2.75) is 89.8 Å². The maximum atomic E-state index is 13.8. The van der Waals surface area contributed by atoms with E-state index >= 15 is 0 Å². The number of benzene rings is 1. The van der Waals surface area contributed by atoms with E-state index in [1.54, 1.807) is 6.20 Å². The lowest BCUT2D eigenvalue weighted by Crippen LogP contribution is -2.51. The molecule has 1 unspecified atom stereocenters. The van der Waals surface area contributed by atoms with E-state index in [0.29, 0.717) is 36.8 Å². The van der Waals surface area contributed by atoms with Gasteiger partial charge in [0.2, 0.25) is 5.91 Å². The molecule has 1 aliphatic rings. The summed E-state index contributed by atoms with van der Waals surface area (Å²) >= 11 is 0. The normalized spacial score (nSPS) is 18.3. The summed E-state index contributed by atoms with van der Waals surface area (Å²) in [5.41, 5.74) is 8.00. The van der Waals surface area contributed by atoms with Crippen LogP contribution in [0.1, 0.15) is 70.1 Å². The first-order valence-corrected chi connectivity index (χ1v) is 14.2. The highest BCUT2D eigenvalue weighted by Gasteiger charge is 2.35. The molecule has 0 radical (unpaired) electrons. The largest absolute Gasteiger partial charge is 0.391 e. The summed E-state index contributed by atoms with van der Waals surface area (Å²) in [5.74, 6) is -0.746. The summed E-state index contributed by atoms with van der Waals surface area (Å²) in [6, 6.07) is 8.34. The van der Waals surface area contributed by atoms with Gasteiger partial charge in [0.15, 0.2) is 5.78 Å². The number of H-pyrrole nitrogens is 1. The molecule has 0 saturated heterocycles. The summed E-state index contributed by atoms with van der Waals surface area (Å²) in [7, 11) is 0. The standard InChI is InChI=1S/C31H46N4O3/c1-4-24(21(2)3)17-29(36)28(16-23-13-9-6-10-14-23)35-31(38)26(18-25-19-33-20-34-25)30(37)27(32)15-22-11-7-5-8-12-22/h4-5,7-8,11-12,19-21,23-24,26-29,36H,1,6,9-10,13-18,32H2,2-3H3,(H,33,34)(H,35,38)/t24-,26?,27-,28-,29-/m0/s1. The van der Waals surface area contributed by atoms with Gasteiger partial charge in [-0.05, 0) is 42.6 Å². The molecule has 3 rings (SSSR count). The zero-order chi connectivity index (χ0) is 27.5. The van der Waals surface area contributed by atoms with Crippen molar-refractivity contribution in [3.8, 4) is 0 Å². The number of aromatic nitrogens is 2. The third kappa shape index (κ3) is 8.91. The molecule has 7 heteroatoms. The van der Waals surface area contributed by atoms with Crippen molar-refractivity contribution in [3.05, 3.63) is 66.8 Å². The van der Waals surface area contributed by atoms with Crippen molar-refractivity contribution in [2.75, 3.05) is 0 Å². The Labute approximate surface area is 227 Å². The predicted molar refractivity (Wildman–Crippen MR) is 151 cm³/mol. The van der Waals surface area contributed by atoms with Gasteiger partial charge >= 0.3 is 0 Å². The van der Waals surface area contributed by atoms with E-state index in [9.17, 15) is 14.7 Å². The number of Topliss-reactive ketones (excluding diaryl/α,β-unsaturated/α-hetero) is 1. The summed E-state index contributed by atoms with van der Waals surface area (Å²) in [6.45, 7) is 8.18. The molecule has 1 aromatic heterocycles. The number of aromatic amines is 1. The fourth-order valence-electron chi connectivity index (χ4n) is 5.63. The molecule has 1 amide bonds. The molecule has 5 atom stereocenters. The number of rotatable bonds is 15. The Morgan fingerprint density at radius 1 is 1.18 bits per heavy atom. The zero-order valence-electron chi connectivity index (χ0n) is 23.0. The lowest BCUT2D eigenvalue weighted by molar-refractivity contribution is -0.136. The Morgan fingerprint density at radius 2 is 1.89 bits per heavy atom. The number of carbonyl (C=O) groups is 2. The van der Waals surface area contributed by atoms with Crippen molar-refractivity contribution < 1.29 is 14.7 Å². The number of nitrogens with two attached hydrogens (primary N) is 1. The van der Waals surface area contributed by atoms with Gasteiger partial charge in [-0.1, -0.05) is 82.4 Å². The van der Waals surface area contributed by atoms with Crippen LogP contribution in [0.3, 0.4) is 0 Å². The highest BCUT2D eigenvalue weighted by atomic mass is 16.3. The van der Waals surface area contributed by atoms with Crippen LogP contribution in [0.25, 0.3) is 0 Å². The molecule has 5 N–H and O–H groups in total. The highest BCUT2D eigenvalue weighted by Crippen LogP contribution is 2.30. The molecule has 1 aromatic carbocycles. The SMILES string of the molecule is C=C[C@@H](C[C@H](O)[C@H](CC1CCCCC1)NC(=O)C(Cc1cnc[nH]1)C(=O)[C@@H](N)Cc1ccccc1)C(C)C. The van der Waals surface area contributed by atoms with Crippen LogP contribution in [-0.4, -0.2) is 45.0 Å². The molecule has 1 heterocycles. The van der Waals surface area contributed by atoms with E-state index in [-0.39, 0.29) is 24.0 Å². The monoisotopic (exact) mass is 522 g/mol. The average Bonchev–Trinajstić information content (AvgIpc) is 3.43. The fourth-order valence-corrected chi connectivity index (χ4v) is 5.63. The summed E-state index contributed by atoms with van der Waals surface area (Å²) in [6.07, 6.45) is 11.9. The molecule has 1 saturated carbocycles. The Morgan fingerprint density at radius 3 is 2.50 bits per heavy atom. The number of nitrogens with one attached hydrogen (secondary N) is 2. The number of allylic oxidation sites excluding steroid dienone is 1. The van der Waals surface area contributed by atoms with Gasteiger partial charge in [-0.25, -0.2) is 4.98 Å². The van der Waals surface area contributed by atoms with Gasteiger partial charge in [-0.2, -0.15) is 0 Å². The number of imidazole rings is 1. The number of carbonyl (C=O) groups excluding carboxylic acids is 2. The van der Waals surface area contributed by atoms with Gasteiger partial charge in [0.1, 0.15) is 5.92 Å². The average molecular weight is 523 g/mol. The minimum Gasteiger partial charge on any atom is -0.391 e. The third-order valence-corrected chi connectivity index (χ3v) is 8.08. The fraction of sp³-hybridized carbons (Fsp3) is 0.581. The number of hydrogen-bond donors (Lipinski definition) is 4. The molecule has 208 valence electrons. The Hall–Kier alpha value is -2.77. The molecule has 1 fully saturated rings. The first-order chi connectivity index (χ1) is 18.3. The van der Waals surface area contributed by atoms with Crippen LogP contribution in [-0.2, 0) is 22.4 Å². The van der Waals surface area contributed by atoms with Crippen molar-refractivity contribution in [1.82, 2.24) is 15.3 Å². The number of aliphatic hydroxyl groups is 1. The quantitative estimate of drug-likeness (QED) is 0.204. The molecule has 0 aliphatic heterocycles. The van der Waals surface area contributed by atoms with Crippen molar-refractivity contribution in [1.29, 1.82) is 0 Å². The molecule has 2 aromatic rings. The summed E-state index contributed by atoms with van der Waals surface area (Å²) < 4.78 is 0.